The molecule has 0 spiro atoms. The summed E-state index contributed by atoms with van der Waals surface area (Å²) in [6, 6.07) is 0. The van der Waals surface area contributed by atoms with E-state index in [0.717, 1.165) is 11.3 Å². The van der Waals surface area contributed by atoms with Crippen molar-refractivity contribution in [3.05, 3.63) is 0 Å². The number of aliphatic hydroxyl groups is 1. The van der Waals surface area contributed by atoms with Crippen molar-refractivity contribution in [3.8, 4) is 0 Å². The quantitative estimate of drug-likeness (QED) is 0.597. The van der Waals surface area contributed by atoms with Crippen molar-refractivity contribution in [3.63, 3.8) is 0 Å². The van der Waals surface area contributed by atoms with Gasteiger partial charge in [0.25, 0.3) is 10.0 Å². The van der Waals surface area contributed by atoms with E-state index in [1.54, 1.807) is 0 Å². The van der Waals surface area contributed by atoms with Crippen molar-refractivity contribution in [2.45, 2.75) is 38.0 Å². The SMILES string of the molecule is CCC(CC)(CO)CNS(=O)(=O)c1nnc(NC(C)=O)s1. The Morgan fingerprint density at radius 1 is 1.33 bits per heavy atom. The molecular weight excluding hydrogens is 316 g/mol. The Morgan fingerprint density at radius 3 is 2.43 bits per heavy atom. The van der Waals surface area contributed by atoms with Crippen LogP contribution in [-0.2, 0) is 14.8 Å². The molecule has 0 saturated heterocycles. The number of nitrogens with zero attached hydrogens (tertiary/aromatic N) is 2. The summed E-state index contributed by atoms with van der Waals surface area (Å²) in [6.07, 6.45) is 1.30. The molecular formula is C11H20N4O4S2. The number of rotatable bonds is 8. The van der Waals surface area contributed by atoms with Crippen LogP contribution in [0.3, 0.4) is 0 Å². The van der Waals surface area contributed by atoms with Gasteiger partial charge in [-0.25, -0.2) is 13.1 Å². The van der Waals surface area contributed by atoms with E-state index in [1.165, 1.54) is 6.92 Å². The molecule has 0 aliphatic rings. The van der Waals surface area contributed by atoms with Gasteiger partial charge in [-0.3, -0.25) is 4.79 Å². The highest BCUT2D eigenvalue weighted by molar-refractivity contribution is 7.91. The van der Waals surface area contributed by atoms with Gasteiger partial charge in [0.1, 0.15) is 0 Å². The first-order valence-corrected chi connectivity index (χ1v) is 8.80. The minimum atomic E-state index is -3.81. The smallest absolute Gasteiger partial charge is 0.269 e. The Bertz CT molecular complexity index is 573. The van der Waals surface area contributed by atoms with Crippen molar-refractivity contribution < 1.29 is 18.3 Å². The molecule has 0 atom stereocenters. The van der Waals surface area contributed by atoms with E-state index < -0.39 is 15.4 Å². The number of carbonyl (C=O) groups excluding carboxylic acids is 1. The normalized spacial score (nSPS) is 12.4. The predicted octanol–water partition coefficient (Wildman–Crippen LogP) is 0.573. The number of aliphatic hydroxyl groups excluding tert-OH is 1. The lowest BCUT2D eigenvalue weighted by molar-refractivity contribution is -0.114. The number of nitrogens with one attached hydrogen (secondary N) is 2. The first-order chi connectivity index (χ1) is 9.78. The molecule has 0 fully saturated rings. The number of hydrogen-bond acceptors (Lipinski definition) is 7. The molecule has 3 N–H and O–H groups in total. The lowest BCUT2D eigenvalue weighted by Crippen LogP contribution is -2.39. The maximum atomic E-state index is 12.1. The molecule has 1 aromatic heterocycles. The molecule has 1 aromatic rings. The highest BCUT2D eigenvalue weighted by atomic mass is 32.2. The van der Waals surface area contributed by atoms with Gasteiger partial charge in [0.15, 0.2) is 0 Å². The van der Waals surface area contributed by atoms with E-state index in [1.807, 2.05) is 13.8 Å². The summed E-state index contributed by atoms with van der Waals surface area (Å²) in [6.45, 7) is 5.11. The van der Waals surface area contributed by atoms with Gasteiger partial charge in [0.05, 0.1) is 0 Å². The van der Waals surface area contributed by atoms with Crippen molar-refractivity contribution >= 4 is 32.4 Å². The van der Waals surface area contributed by atoms with Crippen LogP contribution in [0.15, 0.2) is 4.34 Å². The van der Waals surface area contributed by atoms with E-state index in [4.69, 9.17) is 0 Å². The summed E-state index contributed by atoms with van der Waals surface area (Å²) < 4.78 is 26.5. The van der Waals surface area contributed by atoms with E-state index in [-0.39, 0.29) is 28.5 Å². The van der Waals surface area contributed by atoms with Gasteiger partial charge in [0.2, 0.25) is 15.4 Å². The summed E-state index contributed by atoms with van der Waals surface area (Å²) in [5, 5.41) is 19.1. The minimum absolute atomic E-state index is 0.101. The van der Waals surface area contributed by atoms with Gasteiger partial charge < -0.3 is 10.4 Å². The highest BCUT2D eigenvalue weighted by Gasteiger charge is 2.29. The predicted molar refractivity (Wildman–Crippen MR) is 79.5 cm³/mol. The van der Waals surface area contributed by atoms with Crippen LogP contribution in [0, 0.1) is 5.41 Å². The van der Waals surface area contributed by atoms with Gasteiger partial charge in [-0.05, 0) is 12.8 Å². The lowest BCUT2D eigenvalue weighted by Gasteiger charge is -2.29. The molecule has 0 aliphatic carbocycles. The largest absolute Gasteiger partial charge is 0.396 e. The van der Waals surface area contributed by atoms with Crippen LogP contribution >= 0.6 is 11.3 Å². The second-order valence-electron chi connectivity index (χ2n) is 4.74. The Labute approximate surface area is 128 Å². The zero-order valence-corrected chi connectivity index (χ0v) is 13.8. The van der Waals surface area contributed by atoms with Gasteiger partial charge in [0, 0.05) is 25.5 Å². The monoisotopic (exact) mass is 336 g/mol. The molecule has 1 heterocycles. The van der Waals surface area contributed by atoms with E-state index in [2.05, 4.69) is 20.2 Å². The Morgan fingerprint density at radius 2 is 1.95 bits per heavy atom. The summed E-state index contributed by atoms with van der Waals surface area (Å²) in [5.41, 5.74) is -0.488. The summed E-state index contributed by atoms with van der Waals surface area (Å²) in [5.74, 6) is -0.348. The van der Waals surface area contributed by atoms with E-state index in [0.29, 0.717) is 12.8 Å². The van der Waals surface area contributed by atoms with Gasteiger partial charge >= 0.3 is 0 Å². The van der Waals surface area contributed by atoms with E-state index in [9.17, 15) is 18.3 Å². The molecule has 0 bridgehead atoms. The topological polar surface area (TPSA) is 121 Å². The van der Waals surface area contributed by atoms with Gasteiger partial charge in [-0.15, -0.1) is 10.2 Å². The molecule has 120 valence electrons. The molecule has 0 unspecified atom stereocenters. The maximum Gasteiger partial charge on any atom is 0.269 e. The standard InChI is InChI=1S/C11H20N4O4S2/c1-4-11(5-2,7-16)6-12-21(18,19)10-15-14-9(20-10)13-8(3)17/h12,16H,4-7H2,1-3H3,(H,13,14,17). The fourth-order valence-corrected chi connectivity index (χ4v) is 3.75. The Kier molecular flexibility index (Phi) is 6.20. The molecule has 10 heteroatoms. The first-order valence-electron chi connectivity index (χ1n) is 6.50. The average molecular weight is 336 g/mol. The van der Waals surface area contributed by atoms with Gasteiger partial charge in [-0.2, -0.15) is 0 Å². The fraction of sp³-hybridized carbons (Fsp3) is 0.727. The molecule has 1 rings (SSSR count). The maximum absolute atomic E-state index is 12.1. The van der Waals surface area contributed by atoms with Crippen LogP contribution in [0.1, 0.15) is 33.6 Å². The van der Waals surface area contributed by atoms with Crippen LogP contribution in [0.2, 0.25) is 0 Å². The Balaban J connectivity index is 2.82. The zero-order chi connectivity index (χ0) is 16.1. The van der Waals surface area contributed by atoms with Crippen molar-refractivity contribution in [1.82, 2.24) is 14.9 Å². The third-order valence-corrected chi connectivity index (χ3v) is 6.00. The minimum Gasteiger partial charge on any atom is -0.396 e. The summed E-state index contributed by atoms with van der Waals surface area (Å²) in [4.78, 5) is 10.9. The van der Waals surface area contributed by atoms with Crippen LogP contribution in [0.25, 0.3) is 0 Å². The lowest BCUT2D eigenvalue weighted by atomic mass is 9.84. The van der Waals surface area contributed by atoms with Crippen LogP contribution < -0.4 is 10.0 Å². The van der Waals surface area contributed by atoms with Crippen molar-refractivity contribution in [2.75, 3.05) is 18.5 Å². The molecule has 0 aliphatic heterocycles. The number of carbonyl (C=O) groups is 1. The van der Waals surface area contributed by atoms with Crippen LogP contribution in [0.5, 0.6) is 0 Å². The Hall–Kier alpha value is -1.10. The zero-order valence-electron chi connectivity index (χ0n) is 12.2. The second-order valence-corrected chi connectivity index (χ2v) is 7.66. The summed E-state index contributed by atoms with van der Waals surface area (Å²) in [7, 11) is -3.81. The van der Waals surface area contributed by atoms with Gasteiger partial charge in [-0.1, -0.05) is 25.2 Å². The third-order valence-electron chi connectivity index (χ3n) is 3.39. The second kappa shape index (κ2) is 7.25. The van der Waals surface area contributed by atoms with E-state index >= 15 is 0 Å². The molecule has 8 nitrogen and oxygen atoms in total. The van der Waals surface area contributed by atoms with Crippen molar-refractivity contribution in [1.29, 1.82) is 0 Å². The number of hydrogen-bond donors (Lipinski definition) is 3. The number of aromatic nitrogens is 2. The molecule has 0 radical (unpaired) electrons. The highest BCUT2D eigenvalue weighted by Crippen LogP contribution is 2.26. The molecule has 0 aromatic carbocycles. The molecule has 0 saturated carbocycles. The molecule has 1 amide bonds. The van der Waals surface area contributed by atoms with Crippen LogP contribution in [0.4, 0.5) is 5.13 Å². The number of amides is 1. The fourth-order valence-electron chi connectivity index (χ4n) is 1.61. The number of sulfonamides is 1. The average Bonchev–Trinajstić information content (AvgIpc) is 2.89. The third kappa shape index (κ3) is 4.70. The van der Waals surface area contributed by atoms with Crippen LogP contribution in [-0.4, -0.2) is 42.8 Å². The first kappa shape index (κ1) is 18.0. The summed E-state index contributed by atoms with van der Waals surface area (Å²) >= 11 is 0.774. The molecule has 21 heavy (non-hydrogen) atoms. The number of anilines is 1. The van der Waals surface area contributed by atoms with Crippen molar-refractivity contribution in [2.24, 2.45) is 5.41 Å².